The van der Waals surface area contributed by atoms with E-state index in [9.17, 15) is 0 Å². The van der Waals surface area contributed by atoms with E-state index in [4.69, 9.17) is 0 Å². The maximum absolute atomic E-state index is 3.45. The molecule has 2 heteroatoms. The van der Waals surface area contributed by atoms with Gasteiger partial charge in [0, 0.05) is 4.90 Å². The van der Waals surface area contributed by atoms with Gasteiger partial charge in [0.25, 0.3) is 0 Å². The van der Waals surface area contributed by atoms with E-state index in [2.05, 4.69) is 23.5 Å². The SMILES string of the molecule is CC.c1cc2c(c(C3CC3)c1)NCS2. The summed E-state index contributed by atoms with van der Waals surface area (Å²) >= 11 is 1.92. The van der Waals surface area contributed by atoms with Crippen LogP contribution in [-0.4, -0.2) is 5.88 Å². The molecule has 1 aromatic rings. The molecule has 2 aliphatic rings. The van der Waals surface area contributed by atoms with E-state index >= 15 is 0 Å². The lowest BCUT2D eigenvalue weighted by Gasteiger charge is -2.05. The molecule has 0 saturated heterocycles. The molecule has 1 aliphatic heterocycles. The highest BCUT2D eigenvalue weighted by Gasteiger charge is 2.28. The van der Waals surface area contributed by atoms with Gasteiger partial charge in [-0.2, -0.15) is 0 Å². The standard InChI is InChI=1S/C10H11NS.C2H6/c1-2-8(7-4-5-7)10-9(3-1)12-6-11-10;1-2/h1-3,7,11H,4-6H2;1-2H3. The third-order valence-electron chi connectivity index (χ3n) is 2.55. The van der Waals surface area contributed by atoms with Crippen molar-refractivity contribution < 1.29 is 0 Å². The highest BCUT2D eigenvalue weighted by atomic mass is 32.2. The zero-order valence-electron chi connectivity index (χ0n) is 8.84. The van der Waals surface area contributed by atoms with Crippen molar-refractivity contribution in [3.8, 4) is 0 Å². The molecule has 1 heterocycles. The van der Waals surface area contributed by atoms with E-state index in [1.54, 1.807) is 5.56 Å². The van der Waals surface area contributed by atoms with Crippen LogP contribution in [0, 0.1) is 0 Å². The number of hydrogen-bond donors (Lipinski definition) is 1. The molecule has 0 atom stereocenters. The van der Waals surface area contributed by atoms with Crippen LogP contribution in [0.3, 0.4) is 0 Å². The van der Waals surface area contributed by atoms with Gasteiger partial charge in [0.2, 0.25) is 0 Å². The van der Waals surface area contributed by atoms with Crippen molar-refractivity contribution in [3.05, 3.63) is 23.8 Å². The van der Waals surface area contributed by atoms with Crippen LogP contribution in [0.4, 0.5) is 5.69 Å². The Morgan fingerprint density at radius 3 is 2.79 bits per heavy atom. The molecule has 14 heavy (non-hydrogen) atoms. The maximum Gasteiger partial charge on any atom is 0.0658 e. The van der Waals surface area contributed by atoms with E-state index in [0.717, 1.165) is 11.8 Å². The Morgan fingerprint density at radius 2 is 2.07 bits per heavy atom. The second-order valence-corrected chi connectivity index (χ2v) is 4.48. The van der Waals surface area contributed by atoms with Crippen LogP contribution >= 0.6 is 11.8 Å². The molecule has 1 nitrogen and oxygen atoms in total. The van der Waals surface area contributed by atoms with Gasteiger partial charge in [-0.15, -0.1) is 11.8 Å². The third-order valence-corrected chi connectivity index (χ3v) is 3.49. The number of hydrogen-bond acceptors (Lipinski definition) is 2. The molecule has 0 aromatic heterocycles. The first-order valence-corrected chi connectivity index (χ1v) is 6.43. The number of rotatable bonds is 1. The van der Waals surface area contributed by atoms with Crippen molar-refractivity contribution in [2.75, 3.05) is 11.2 Å². The van der Waals surface area contributed by atoms with Crippen LogP contribution < -0.4 is 5.32 Å². The first kappa shape index (κ1) is 9.91. The molecule has 1 saturated carbocycles. The molecule has 76 valence electrons. The molecule has 0 spiro atoms. The summed E-state index contributed by atoms with van der Waals surface area (Å²) in [5, 5.41) is 3.45. The summed E-state index contributed by atoms with van der Waals surface area (Å²) < 4.78 is 0. The smallest absolute Gasteiger partial charge is 0.0658 e. The average molecular weight is 207 g/mol. The molecular formula is C12H17NS. The monoisotopic (exact) mass is 207 g/mol. The van der Waals surface area contributed by atoms with Gasteiger partial charge in [-0.25, -0.2) is 0 Å². The molecule has 0 unspecified atom stereocenters. The van der Waals surface area contributed by atoms with Crippen molar-refractivity contribution in [1.82, 2.24) is 0 Å². The zero-order chi connectivity index (χ0) is 9.97. The second-order valence-electron chi connectivity index (χ2n) is 3.46. The predicted molar refractivity (Wildman–Crippen MR) is 64.1 cm³/mol. The topological polar surface area (TPSA) is 12.0 Å². The second kappa shape index (κ2) is 4.26. The quantitative estimate of drug-likeness (QED) is 0.745. The van der Waals surface area contributed by atoms with E-state index in [1.807, 2.05) is 25.6 Å². The number of nitrogens with one attached hydrogen (secondary N) is 1. The van der Waals surface area contributed by atoms with Crippen LogP contribution in [0.2, 0.25) is 0 Å². The Kier molecular flexibility index (Phi) is 3.02. The van der Waals surface area contributed by atoms with Crippen molar-refractivity contribution in [2.24, 2.45) is 0 Å². The molecule has 0 amide bonds. The molecular weight excluding hydrogens is 190 g/mol. The first-order valence-electron chi connectivity index (χ1n) is 5.45. The van der Waals surface area contributed by atoms with E-state index in [1.165, 1.54) is 23.4 Å². The third kappa shape index (κ3) is 1.76. The Morgan fingerprint density at radius 1 is 1.29 bits per heavy atom. The van der Waals surface area contributed by atoms with E-state index in [0.29, 0.717) is 0 Å². The lowest BCUT2D eigenvalue weighted by molar-refractivity contribution is 1.11. The summed E-state index contributed by atoms with van der Waals surface area (Å²) in [5.41, 5.74) is 2.97. The van der Waals surface area contributed by atoms with Crippen molar-refractivity contribution in [3.63, 3.8) is 0 Å². The minimum atomic E-state index is 0.867. The summed E-state index contributed by atoms with van der Waals surface area (Å²) in [5.74, 6) is 1.92. The van der Waals surface area contributed by atoms with Crippen LogP contribution in [0.5, 0.6) is 0 Å². The molecule has 1 fully saturated rings. The van der Waals surface area contributed by atoms with E-state index in [-0.39, 0.29) is 0 Å². The van der Waals surface area contributed by atoms with Crippen molar-refractivity contribution in [1.29, 1.82) is 0 Å². The molecule has 3 rings (SSSR count). The summed E-state index contributed by atoms with van der Waals surface area (Å²) in [6, 6.07) is 6.67. The van der Waals surface area contributed by atoms with Crippen LogP contribution in [0.15, 0.2) is 23.1 Å². The van der Waals surface area contributed by atoms with Crippen LogP contribution in [-0.2, 0) is 0 Å². The van der Waals surface area contributed by atoms with Crippen molar-refractivity contribution in [2.45, 2.75) is 37.5 Å². The van der Waals surface area contributed by atoms with Gasteiger partial charge in [0.1, 0.15) is 0 Å². The fourth-order valence-corrected chi connectivity index (χ4v) is 2.66. The van der Waals surface area contributed by atoms with Gasteiger partial charge in [-0.05, 0) is 30.4 Å². The van der Waals surface area contributed by atoms with Crippen LogP contribution in [0.25, 0.3) is 0 Å². The Bertz CT molecular complexity index is 318. The van der Waals surface area contributed by atoms with Gasteiger partial charge in [-0.1, -0.05) is 26.0 Å². The number of para-hydroxylation sites is 1. The number of thioether (sulfide) groups is 1. The summed E-state index contributed by atoms with van der Waals surface area (Å²) in [7, 11) is 0. The van der Waals surface area contributed by atoms with E-state index < -0.39 is 0 Å². The minimum Gasteiger partial charge on any atom is -0.375 e. The summed E-state index contributed by atoms with van der Waals surface area (Å²) in [6.07, 6.45) is 2.78. The Labute approximate surface area is 90.3 Å². The fraction of sp³-hybridized carbons (Fsp3) is 0.500. The summed E-state index contributed by atoms with van der Waals surface area (Å²) in [6.45, 7) is 4.00. The van der Waals surface area contributed by atoms with Gasteiger partial charge >= 0.3 is 0 Å². The fourth-order valence-electron chi connectivity index (χ4n) is 1.78. The lowest BCUT2D eigenvalue weighted by atomic mass is 10.1. The molecule has 0 bridgehead atoms. The largest absolute Gasteiger partial charge is 0.375 e. The normalized spacial score (nSPS) is 17.9. The maximum atomic E-state index is 3.45. The Balaban J connectivity index is 0.000000354. The lowest BCUT2D eigenvalue weighted by Crippen LogP contribution is -1.93. The highest BCUT2D eigenvalue weighted by molar-refractivity contribution is 7.99. The number of fused-ring (bicyclic) bond motifs is 1. The zero-order valence-corrected chi connectivity index (χ0v) is 9.66. The molecule has 1 aromatic carbocycles. The highest BCUT2D eigenvalue weighted by Crippen LogP contribution is 2.47. The first-order chi connectivity index (χ1) is 6.95. The minimum absolute atomic E-state index is 0.867. The van der Waals surface area contributed by atoms with Gasteiger partial charge in [0.05, 0.1) is 11.6 Å². The van der Waals surface area contributed by atoms with Gasteiger partial charge in [-0.3, -0.25) is 0 Å². The molecule has 0 radical (unpaired) electrons. The Hall–Kier alpha value is -0.630. The van der Waals surface area contributed by atoms with Gasteiger partial charge < -0.3 is 5.32 Å². The van der Waals surface area contributed by atoms with Crippen molar-refractivity contribution >= 4 is 17.4 Å². The molecule has 1 aliphatic carbocycles. The average Bonchev–Trinajstić information content (AvgIpc) is 2.98. The molecule has 1 N–H and O–H groups in total. The van der Waals surface area contributed by atoms with Gasteiger partial charge in [0.15, 0.2) is 0 Å². The van der Waals surface area contributed by atoms with Crippen LogP contribution in [0.1, 0.15) is 38.2 Å². The predicted octanol–water partition coefficient (Wildman–Crippen LogP) is 4.07. The number of anilines is 1. The number of benzene rings is 1. The summed E-state index contributed by atoms with van der Waals surface area (Å²) in [4.78, 5) is 1.44.